The Hall–Kier alpha value is -3.02. The molecular formula is C20H23N5O. The normalized spacial score (nSPS) is 11.3. The lowest BCUT2D eigenvalue weighted by molar-refractivity contribution is 0.0949. The summed E-state index contributed by atoms with van der Waals surface area (Å²) in [6.07, 6.45) is 2.25. The Labute approximate surface area is 153 Å². The van der Waals surface area contributed by atoms with Crippen molar-refractivity contribution in [2.24, 2.45) is 0 Å². The maximum absolute atomic E-state index is 12.0. The van der Waals surface area contributed by atoms with E-state index in [0.717, 1.165) is 22.8 Å². The second-order valence-corrected chi connectivity index (χ2v) is 7.15. The third kappa shape index (κ3) is 4.33. The van der Waals surface area contributed by atoms with E-state index in [1.165, 1.54) is 0 Å². The number of hydrogen-bond acceptors (Lipinski definition) is 4. The summed E-state index contributed by atoms with van der Waals surface area (Å²) in [7, 11) is 0. The maximum Gasteiger partial charge on any atom is 0.269 e. The number of nitrogens with one attached hydrogen (secondary N) is 2. The molecule has 0 aliphatic carbocycles. The van der Waals surface area contributed by atoms with E-state index in [1.54, 1.807) is 24.4 Å². The van der Waals surface area contributed by atoms with Crippen LogP contribution in [0.2, 0.25) is 0 Å². The number of carbonyl (C=O) groups is 1. The van der Waals surface area contributed by atoms with Crippen LogP contribution in [0.15, 0.2) is 48.7 Å². The second-order valence-electron chi connectivity index (χ2n) is 7.15. The monoisotopic (exact) mass is 349 g/mol. The third-order valence-corrected chi connectivity index (χ3v) is 4.02. The van der Waals surface area contributed by atoms with Crippen LogP contribution in [0, 0.1) is 0 Å². The standard InChI is InChI=1S/C20H23N5O/c1-20(2,3)18-13-17(24-25-18)15-9-6-7-14(23-15)10-12-22-19(26)16-8-4-5-11-21-16/h4-9,11,13H,10,12H2,1-3H3,(H,22,26)(H,24,25). The molecule has 0 aliphatic heterocycles. The predicted molar refractivity (Wildman–Crippen MR) is 101 cm³/mol. The lowest BCUT2D eigenvalue weighted by Crippen LogP contribution is -2.26. The molecule has 2 N–H and O–H groups in total. The van der Waals surface area contributed by atoms with Crippen LogP contribution in [-0.2, 0) is 11.8 Å². The summed E-state index contributed by atoms with van der Waals surface area (Å²) in [5.41, 5.74) is 4.06. The number of rotatable bonds is 5. The van der Waals surface area contributed by atoms with Gasteiger partial charge in [0.2, 0.25) is 0 Å². The molecular weight excluding hydrogens is 326 g/mol. The first kappa shape index (κ1) is 17.8. The molecule has 26 heavy (non-hydrogen) atoms. The number of H-pyrrole nitrogens is 1. The van der Waals surface area contributed by atoms with Crippen molar-refractivity contribution in [1.82, 2.24) is 25.5 Å². The van der Waals surface area contributed by atoms with Gasteiger partial charge in [0.15, 0.2) is 0 Å². The quantitative estimate of drug-likeness (QED) is 0.741. The summed E-state index contributed by atoms with van der Waals surface area (Å²) in [4.78, 5) is 20.7. The van der Waals surface area contributed by atoms with Gasteiger partial charge in [0.05, 0.1) is 5.69 Å². The Morgan fingerprint density at radius 1 is 1.12 bits per heavy atom. The first-order chi connectivity index (χ1) is 12.4. The van der Waals surface area contributed by atoms with Crippen LogP contribution in [-0.4, -0.2) is 32.6 Å². The molecule has 3 aromatic heterocycles. The van der Waals surface area contributed by atoms with E-state index in [0.29, 0.717) is 18.7 Å². The van der Waals surface area contributed by atoms with Crippen molar-refractivity contribution in [2.75, 3.05) is 6.54 Å². The van der Waals surface area contributed by atoms with Crippen LogP contribution < -0.4 is 5.32 Å². The first-order valence-electron chi connectivity index (χ1n) is 8.65. The smallest absolute Gasteiger partial charge is 0.269 e. The highest BCUT2D eigenvalue weighted by atomic mass is 16.1. The van der Waals surface area contributed by atoms with Crippen molar-refractivity contribution in [1.29, 1.82) is 0 Å². The molecule has 0 saturated heterocycles. The molecule has 134 valence electrons. The summed E-state index contributed by atoms with van der Waals surface area (Å²) in [5.74, 6) is -0.177. The zero-order chi connectivity index (χ0) is 18.6. The average molecular weight is 349 g/mol. The fourth-order valence-corrected chi connectivity index (χ4v) is 2.49. The van der Waals surface area contributed by atoms with Gasteiger partial charge in [-0.2, -0.15) is 5.10 Å². The number of aromatic amines is 1. The molecule has 6 nitrogen and oxygen atoms in total. The number of nitrogens with zero attached hydrogens (tertiary/aromatic N) is 3. The first-order valence-corrected chi connectivity index (χ1v) is 8.65. The highest BCUT2D eigenvalue weighted by molar-refractivity contribution is 5.92. The topological polar surface area (TPSA) is 83.6 Å². The average Bonchev–Trinajstić information content (AvgIpc) is 3.13. The molecule has 0 bridgehead atoms. The number of hydrogen-bond donors (Lipinski definition) is 2. The molecule has 0 fully saturated rings. The zero-order valence-corrected chi connectivity index (χ0v) is 15.3. The third-order valence-electron chi connectivity index (χ3n) is 4.02. The molecule has 0 unspecified atom stereocenters. The summed E-state index contributed by atoms with van der Waals surface area (Å²) in [6.45, 7) is 6.91. The molecule has 6 heteroatoms. The maximum atomic E-state index is 12.0. The molecule has 0 radical (unpaired) electrons. The second kappa shape index (κ2) is 7.47. The lowest BCUT2D eigenvalue weighted by atomic mass is 9.92. The Morgan fingerprint density at radius 3 is 2.65 bits per heavy atom. The van der Waals surface area contributed by atoms with Gasteiger partial charge >= 0.3 is 0 Å². The predicted octanol–water partition coefficient (Wildman–Crippen LogP) is 3.14. The Morgan fingerprint density at radius 2 is 1.96 bits per heavy atom. The van der Waals surface area contributed by atoms with Gasteiger partial charge in [-0.15, -0.1) is 0 Å². The van der Waals surface area contributed by atoms with Crippen molar-refractivity contribution >= 4 is 5.91 Å². The molecule has 0 aliphatic rings. The van der Waals surface area contributed by atoms with Gasteiger partial charge in [0.1, 0.15) is 11.4 Å². The van der Waals surface area contributed by atoms with Crippen LogP contribution in [0.25, 0.3) is 11.4 Å². The van der Waals surface area contributed by atoms with E-state index < -0.39 is 0 Å². The van der Waals surface area contributed by atoms with E-state index in [4.69, 9.17) is 0 Å². The largest absolute Gasteiger partial charge is 0.350 e. The van der Waals surface area contributed by atoms with Gasteiger partial charge in [-0.3, -0.25) is 19.9 Å². The number of amides is 1. The van der Waals surface area contributed by atoms with Gasteiger partial charge in [-0.25, -0.2) is 0 Å². The summed E-state index contributed by atoms with van der Waals surface area (Å²) < 4.78 is 0. The van der Waals surface area contributed by atoms with E-state index in [2.05, 4.69) is 46.3 Å². The van der Waals surface area contributed by atoms with E-state index in [1.807, 2.05) is 24.3 Å². The summed E-state index contributed by atoms with van der Waals surface area (Å²) >= 11 is 0. The van der Waals surface area contributed by atoms with Crippen LogP contribution >= 0.6 is 0 Å². The Bertz CT molecular complexity index is 880. The SMILES string of the molecule is CC(C)(C)c1cc(-c2cccc(CCNC(=O)c3ccccn3)n2)n[nH]1. The molecule has 0 spiro atoms. The lowest BCUT2D eigenvalue weighted by Gasteiger charge is -2.14. The van der Waals surface area contributed by atoms with Crippen molar-refractivity contribution in [3.05, 3.63) is 65.7 Å². The Balaban J connectivity index is 1.63. The molecule has 0 atom stereocenters. The van der Waals surface area contributed by atoms with Gasteiger partial charge in [-0.1, -0.05) is 32.9 Å². The van der Waals surface area contributed by atoms with Crippen LogP contribution in [0.3, 0.4) is 0 Å². The molecule has 3 heterocycles. The molecule has 3 aromatic rings. The summed E-state index contributed by atoms with van der Waals surface area (Å²) in [5, 5.41) is 10.3. The Kier molecular flexibility index (Phi) is 5.11. The molecule has 3 rings (SSSR count). The highest BCUT2D eigenvalue weighted by Crippen LogP contribution is 2.24. The van der Waals surface area contributed by atoms with Crippen LogP contribution in [0.5, 0.6) is 0 Å². The van der Waals surface area contributed by atoms with Gasteiger partial charge in [0.25, 0.3) is 5.91 Å². The minimum atomic E-state index is -0.177. The van der Waals surface area contributed by atoms with Crippen LogP contribution in [0.4, 0.5) is 0 Å². The van der Waals surface area contributed by atoms with Crippen molar-refractivity contribution < 1.29 is 4.79 Å². The van der Waals surface area contributed by atoms with Crippen molar-refractivity contribution in [2.45, 2.75) is 32.6 Å². The molecule has 0 aromatic carbocycles. The van der Waals surface area contributed by atoms with E-state index >= 15 is 0 Å². The van der Waals surface area contributed by atoms with Crippen molar-refractivity contribution in [3.63, 3.8) is 0 Å². The number of pyridine rings is 2. The van der Waals surface area contributed by atoms with E-state index in [-0.39, 0.29) is 11.3 Å². The zero-order valence-electron chi connectivity index (χ0n) is 15.3. The van der Waals surface area contributed by atoms with E-state index in [9.17, 15) is 4.79 Å². The number of aromatic nitrogens is 4. The molecule has 0 saturated carbocycles. The highest BCUT2D eigenvalue weighted by Gasteiger charge is 2.17. The fraction of sp³-hybridized carbons (Fsp3) is 0.300. The van der Waals surface area contributed by atoms with Gasteiger partial charge in [-0.05, 0) is 30.3 Å². The summed E-state index contributed by atoms with van der Waals surface area (Å²) in [6, 6.07) is 13.2. The molecule has 1 amide bonds. The number of carbonyl (C=O) groups excluding carboxylic acids is 1. The van der Waals surface area contributed by atoms with Gasteiger partial charge < -0.3 is 5.32 Å². The fourth-order valence-electron chi connectivity index (χ4n) is 2.49. The van der Waals surface area contributed by atoms with Crippen LogP contribution in [0.1, 0.15) is 42.6 Å². The van der Waals surface area contributed by atoms with Crippen molar-refractivity contribution in [3.8, 4) is 11.4 Å². The minimum absolute atomic E-state index is 0.0125. The minimum Gasteiger partial charge on any atom is -0.350 e. The van der Waals surface area contributed by atoms with Gasteiger partial charge in [0, 0.05) is 36.0 Å².